The Labute approximate surface area is 208 Å². The van der Waals surface area contributed by atoms with E-state index < -0.39 is 6.03 Å². The van der Waals surface area contributed by atoms with E-state index in [1.807, 2.05) is 12.1 Å². The molecule has 2 aromatic rings. The lowest BCUT2D eigenvalue weighted by molar-refractivity contribution is -0.143. The van der Waals surface area contributed by atoms with E-state index in [-0.39, 0.29) is 36.6 Å². The maximum atomic E-state index is 13.2. The smallest absolute Gasteiger partial charge is 0.328 e. The van der Waals surface area contributed by atoms with E-state index in [1.165, 1.54) is 11.1 Å². The van der Waals surface area contributed by atoms with Crippen LogP contribution in [0.3, 0.4) is 0 Å². The number of carbonyl (C=O) groups excluding carboxylic acids is 3. The molecule has 2 aliphatic heterocycles. The number of nitrogens with zero attached hydrogens (tertiary/aromatic N) is 5. The molecule has 2 aliphatic rings. The van der Waals surface area contributed by atoms with Gasteiger partial charge in [0.1, 0.15) is 30.0 Å². The molecule has 4 heterocycles. The second kappa shape index (κ2) is 10.8. The second-order valence-electron chi connectivity index (χ2n) is 8.45. The van der Waals surface area contributed by atoms with Crippen LogP contribution in [0.1, 0.15) is 40.5 Å². The van der Waals surface area contributed by atoms with E-state index >= 15 is 0 Å². The van der Waals surface area contributed by atoms with Gasteiger partial charge in [-0.25, -0.2) is 14.8 Å². The van der Waals surface area contributed by atoms with Crippen molar-refractivity contribution in [3.8, 4) is 18.4 Å². The van der Waals surface area contributed by atoms with Crippen LogP contribution < -0.4 is 15.5 Å². The topological polar surface area (TPSA) is 141 Å². The van der Waals surface area contributed by atoms with Crippen molar-refractivity contribution in [2.24, 2.45) is 0 Å². The van der Waals surface area contributed by atoms with Crippen LogP contribution in [0.2, 0.25) is 0 Å². The number of nitriles is 1. The van der Waals surface area contributed by atoms with E-state index in [2.05, 4.69) is 26.5 Å². The number of morpholine rings is 1. The maximum absolute atomic E-state index is 13.2. The van der Waals surface area contributed by atoms with Gasteiger partial charge in [-0.15, -0.1) is 6.42 Å². The van der Waals surface area contributed by atoms with E-state index in [1.54, 1.807) is 17.9 Å². The molecule has 0 aliphatic carbocycles. The number of ether oxygens (including phenoxy) is 1. The number of aromatic nitrogens is 2. The summed E-state index contributed by atoms with van der Waals surface area (Å²) in [6, 6.07) is 4.63. The van der Waals surface area contributed by atoms with Crippen LogP contribution in [0.5, 0.6) is 0 Å². The molecule has 1 fully saturated rings. The molecule has 2 aromatic heterocycles. The van der Waals surface area contributed by atoms with E-state index in [0.717, 1.165) is 5.56 Å². The number of aryl methyl sites for hydroxylation is 1. The Kier molecular flexibility index (Phi) is 7.42. The Hall–Kier alpha value is -4.48. The van der Waals surface area contributed by atoms with Gasteiger partial charge in [0.05, 0.1) is 23.9 Å². The summed E-state index contributed by atoms with van der Waals surface area (Å²) in [5, 5.41) is 15.1. The van der Waals surface area contributed by atoms with Gasteiger partial charge >= 0.3 is 6.03 Å². The minimum absolute atomic E-state index is 0.0189. The van der Waals surface area contributed by atoms with E-state index in [9.17, 15) is 19.6 Å². The molecule has 0 aromatic carbocycles. The van der Waals surface area contributed by atoms with E-state index in [4.69, 9.17) is 11.2 Å². The molecule has 0 bridgehead atoms. The zero-order valence-corrected chi connectivity index (χ0v) is 19.8. The van der Waals surface area contributed by atoms with Crippen LogP contribution in [0, 0.1) is 23.7 Å². The molecule has 1 atom stereocenters. The largest absolute Gasteiger partial charge is 0.371 e. The molecule has 4 rings (SSSR count). The highest BCUT2D eigenvalue weighted by molar-refractivity contribution is 6.02. The van der Waals surface area contributed by atoms with Gasteiger partial charge in [-0.3, -0.25) is 19.8 Å². The molecule has 2 N–H and O–H groups in total. The van der Waals surface area contributed by atoms with Crippen LogP contribution >= 0.6 is 0 Å². The van der Waals surface area contributed by atoms with Crippen molar-refractivity contribution < 1.29 is 19.1 Å². The normalized spacial score (nSPS) is 15.8. The maximum Gasteiger partial charge on any atom is 0.328 e. The summed E-state index contributed by atoms with van der Waals surface area (Å²) >= 11 is 0. The fourth-order valence-electron chi connectivity index (χ4n) is 4.09. The van der Waals surface area contributed by atoms with Crippen molar-refractivity contribution in [3.63, 3.8) is 0 Å². The van der Waals surface area contributed by atoms with Crippen LogP contribution in [-0.2, 0) is 22.5 Å². The number of rotatable bonds is 6. The van der Waals surface area contributed by atoms with Gasteiger partial charge in [0, 0.05) is 37.5 Å². The highest BCUT2D eigenvalue weighted by Crippen LogP contribution is 2.29. The average Bonchev–Trinajstić information content (AvgIpc) is 2.89. The highest BCUT2D eigenvalue weighted by Gasteiger charge is 2.28. The Bertz CT molecular complexity index is 1280. The lowest BCUT2D eigenvalue weighted by Crippen LogP contribution is -2.42. The predicted octanol–water partition coefficient (Wildman–Crippen LogP) is 1.94. The number of terminal acetylenes is 1. The first-order valence-electron chi connectivity index (χ1n) is 11.5. The Balaban J connectivity index is 1.57. The van der Waals surface area contributed by atoms with Gasteiger partial charge in [0.25, 0.3) is 0 Å². The van der Waals surface area contributed by atoms with Crippen molar-refractivity contribution >= 4 is 35.5 Å². The molecule has 0 radical (unpaired) electrons. The molecule has 184 valence electrons. The summed E-state index contributed by atoms with van der Waals surface area (Å²) in [6.45, 7) is 3.33. The number of urea groups is 1. The molecule has 11 nitrogen and oxygen atoms in total. The van der Waals surface area contributed by atoms with Gasteiger partial charge in [-0.05, 0) is 31.4 Å². The lowest BCUT2D eigenvalue weighted by Gasteiger charge is -2.30. The number of aldehydes is 1. The van der Waals surface area contributed by atoms with Crippen molar-refractivity contribution in [1.29, 1.82) is 5.26 Å². The molecule has 0 unspecified atom stereocenters. The van der Waals surface area contributed by atoms with E-state index in [0.29, 0.717) is 61.5 Å². The number of hydrogen-bond acceptors (Lipinski definition) is 8. The fourth-order valence-corrected chi connectivity index (χ4v) is 4.09. The summed E-state index contributed by atoms with van der Waals surface area (Å²) in [6.07, 6.45) is 8.80. The van der Waals surface area contributed by atoms with Gasteiger partial charge in [0.15, 0.2) is 6.29 Å². The summed E-state index contributed by atoms with van der Waals surface area (Å²) in [7, 11) is 0. The Morgan fingerprint density at radius 1 is 1.39 bits per heavy atom. The van der Waals surface area contributed by atoms with Crippen molar-refractivity contribution in [1.82, 2.24) is 14.9 Å². The molecule has 0 spiro atoms. The number of hydrogen-bond donors (Lipinski definition) is 2. The quantitative estimate of drug-likeness (QED) is 0.465. The summed E-state index contributed by atoms with van der Waals surface area (Å²) in [4.78, 5) is 48.9. The number of carbonyl (C=O) groups is 3. The monoisotopic (exact) mass is 487 g/mol. The molecule has 3 amide bonds. The minimum atomic E-state index is -0.468. The minimum Gasteiger partial charge on any atom is -0.371 e. The molecule has 0 saturated carbocycles. The number of fused-ring (bicyclic) bond motifs is 1. The van der Waals surface area contributed by atoms with Crippen molar-refractivity contribution in [2.75, 3.05) is 41.8 Å². The summed E-state index contributed by atoms with van der Waals surface area (Å²) in [5.41, 5.74) is 2.38. The zero-order valence-electron chi connectivity index (χ0n) is 19.8. The molecular formula is C25H25N7O4. The number of amides is 3. The lowest BCUT2D eigenvalue weighted by atomic mass is 10.0. The molecule has 1 saturated heterocycles. The predicted molar refractivity (Wildman–Crippen MR) is 131 cm³/mol. The third kappa shape index (κ3) is 5.27. The molecule has 36 heavy (non-hydrogen) atoms. The number of anilines is 3. The SMILES string of the molecule is C#C[C@H](C)Nc1cc(NC(=O)N2CCCc3cc(CN4CCOCC4=O)c(C=O)nc32)ncc1C#N. The fraction of sp³-hybridized carbons (Fsp3) is 0.360. The zero-order chi connectivity index (χ0) is 25.7. The van der Waals surface area contributed by atoms with Gasteiger partial charge in [-0.1, -0.05) is 5.92 Å². The van der Waals surface area contributed by atoms with Crippen molar-refractivity contribution in [3.05, 3.63) is 40.7 Å². The van der Waals surface area contributed by atoms with Crippen molar-refractivity contribution in [2.45, 2.75) is 32.4 Å². The first-order chi connectivity index (χ1) is 17.4. The Morgan fingerprint density at radius 3 is 2.94 bits per heavy atom. The van der Waals surface area contributed by atoms with Crippen LogP contribution in [0.15, 0.2) is 18.3 Å². The Morgan fingerprint density at radius 2 is 2.22 bits per heavy atom. The average molecular weight is 488 g/mol. The van der Waals surface area contributed by atoms with Crippen LogP contribution in [-0.4, -0.2) is 65.4 Å². The van der Waals surface area contributed by atoms with Crippen LogP contribution in [0.4, 0.5) is 22.1 Å². The third-order valence-electron chi connectivity index (χ3n) is 5.96. The first-order valence-corrected chi connectivity index (χ1v) is 11.5. The molecular weight excluding hydrogens is 462 g/mol. The first kappa shape index (κ1) is 24.6. The standard InChI is InChI=1S/C25H25N7O4/c1-3-16(2)28-20-10-22(27-12-19(20)11-26)30-25(35)32-6-4-5-17-9-18(21(14-33)29-24(17)32)13-31-7-8-36-15-23(31)34/h1,9-10,12,14,16H,4-8,13,15H2,2H3,(H2,27,28,30,35)/t16-/m0/s1. The molecule has 11 heteroatoms. The summed E-state index contributed by atoms with van der Waals surface area (Å²) in [5.74, 6) is 3.02. The van der Waals surface area contributed by atoms with Gasteiger partial charge in [-0.2, -0.15) is 5.26 Å². The number of nitrogens with one attached hydrogen (secondary N) is 2. The van der Waals surface area contributed by atoms with Gasteiger partial charge < -0.3 is 15.0 Å². The second-order valence-corrected chi connectivity index (χ2v) is 8.45. The van der Waals surface area contributed by atoms with Crippen LogP contribution in [0.25, 0.3) is 0 Å². The summed E-state index contributed by atoms with van der Waals surface area (Å²) < 4.78 is 5.17. The van der Waals surface area contributed by atoms with Gasteiger partial charge in [0.2, 0.25) is 5.91 Å². The highest BCUT2D eigenvalue weighted by atomic mass is 16.5. The third-order valence-corrected chi connectivity index (χ3v) is 5.96. The number of pyridine rings is 2.